The Kier molecular flexibility index (Phi) is 2.02. The first kappa shape index (κ1) is 11.4. The van der Waals surface area contributed by atoms with Gasteiger partial charge in [0.15, 0.2) is 0 Å². The largest absolute Gasteiger partial charge is 0.293 e. The van der Waals surface area contributed by atoms with Crippen molar-refractivity contribution in [3.8, 4) is 0 Å². The maximum atomic E-state index is 12.2. The van der Waals surface area contributed by atoms with Gasteiger partial charge >= 0.3 is 0 Å². The lowest BCUT2D eigenvalue weighted by Gasteiger charge is -2.27. The van der Waals surface area contributed by atoms with Crippen LogP contribution in [0.15, 0.2) is 0 Å². The molecule has 3 fully saturated rings. The standard InChI is InChI=1S/C8H8BrCl3O2S/c9-6-4-2-1-3-5(6)7(4,6)15(13,14)8(10,11)12/h4-5H,1-3H2. The summed E-state index contributed by atoms with van der Waals surface area (Å²) >= 11 is 20.2. The van der Waals surface area contributed by atoms with Gasteiger partial charge in [0.05, 0.1) is 4.32 Å². The summed E-state index contributed by atoms with van der Waals surface area (Å²) in [6.45, 7) is 0. The van der Waals surface area contributed by atoms with E-state index in [1.54, 1.807) is 0 Å². The lowest BCUT2D eigenvalue weighted by molar-refractivity contribution is 0.357. The van der Waals surface area contributed by atoms with Gasteiger partial charge in [-0.05, 0) is 24.7 Å². The second kappa shape index (κ2) is 2.66. The average molecular weight is 354 g/mol. The molecule has 15 heavy (non-hydrogen) atoms. The van der Waals surface area contributed by atoms with E-state index in [4.69, 9.17) is 34.8 Å². The topological polar surface area (TPSA) is 34.1 Å². The zero-order chi connectivity index (χ0) is 11.3. The van der Waals surface area contributed by atoms with Gasteiger partial charge in [-0.25, -0.2) is 8.42 Å². The molecule has 3 aliphatic rings. The third-order valence-electron chi connectivity index (χ3n) is 4.22. The van der Waals surface area contributed by atoms with Crippen molar-refractivity contribution in [3.63, 3.8) is 0 Å². The summed E-state index contributed by atoms with van der Waals surface area (Å²) < 4.78 is 21.1. The molecule has 0 bridgehead atoms. The third-order valence-corrected chi connectivity index (χ3v) is 10.5. The Morgan fingerprint density at radius 3 is 2.00 bits per heavy atom. The molecular formula is C8H8BrCl3O2S. The molecule has 86 valence electrons. The highest BCUT2D eigenvalue weighted by Crippen LogP contribution is 2.93. The number of hydrogen-bond donors (Lipinski definition) is 0. The van der Waals surface area contributed by atoms with Gasteiger partial charge in [0.25, 0.3) is 3.12 Å². The Hall–Kier alpha value is 1.30. The predicted molar refractivity (Wildman–Crippen MR) is 64.4 cm³/mol. The quantitative estimate of drug-likeness (QED) is 0.678. The Morgan fingerprint density at radius 1 is 1.20 bits per heavy atom. The van der Waals surface area contributed by atoms with E-state index >= 15 is 0 Å². The third kappa shape index (κ3) is 0.918. The average Bonchev–Trinajstić information content (AvgIpc) is 2.89. The van der Waals surface area contributed by atoms with Gasteiger partial charge in [-0.1, -0.05) is 57.2 Å². The van der Waals surface area contributed by atoms with Crippen LogP contribution in [0.25, 0.3) is 0 Å². The van der Waals surface area contributed by atoms with E-state index in [0.29, 0.717) is 0 Å². The van der Waals surface area contributed by atoms with Crippen molar-refractivity contribution in [1.82, 2.24) is 0 Å². The number of fused-ring (bicyclic) bond motifs is 2. The van der Waals surface area contributed by atoms with Crippen molar-refractivity contribution >= 4 is 60.6 Å². The number of rotatable bonds is 1. The summed E-state index contributed by atoms with van der Waals surface area (Å²) in [5.74, 6) is 0.314. The Morgan fingerprint density at radius 2 is 1.67 bits per heavy atom. The molecule has 2 unspecified atom stereocenters. The van der Waals surface area contributed by atoms with Crippen LogP contribution in [0.3, 0.4) is 0 Å². The number of halogens is 4. The van der Waals surface area contributed by atoms with E-state index < -0.39 is 17.7 Å². The monoisotopic (exact) mass is 352 g/mol. The van der Waals surface area contributed by atoms with Crippen LogP contribution in [0.2, 0.25) is 0 Å². The molecule has 0 aromatic heterocycles. The lowest BCUT2D eigenvalue weighted by atomic mass is 9.88. The van der Waals surface area contributed by atoms with Crippen LogP contribution in [0.1, 0.15) is 19.3 Å². The van der Waals surface area contributed by atoms with E-state index in [1.807, 2.05) is 0 Å². The maximum absolute atomic E-state index is 12.2. The normalized spacial score (nSPS) is 52.3. The van der Waals surface area contributed by atoms with Crippen LogP contribution in [0.4, 0.5) is 0 Å². The number of sulfone groups is 1. The molecule has 0 radical (unpaired) electrons. The summed E-state index contributed by atoms with van der Waals surface area (Å²) in [5, 5.41) is 0. The van der Waals surface area contributed by atoms with Crippen molar-refractivity contribution in [1.29, 1.82) is 0 Å². The first-order chi connectivity index (χ1) is 6.72. The second-order valence-corrected chi connectivity index (χ2v) is 11.1. The van der Waals surface area contributed by atoms with Gasteiger partial charge < -0.3 is 0 Å². The van der Waals surface area contributed by atoms with Crippen LogP contribution >= 0.6 is 50.7 Å². The fourth-order valence-electron chi connectivity index (χ4n) is 3.60. The number of alkyl halides is 4. The molecular weight excluding hydrogens is 346 g/mol. The highest BCUT2D eigenvalue weighted by atomic mass is 79.9. The van der Waals surface area contributed by atoms with Gasteiger partial charge in [-0.3, -0.25) is 0 Å². The summed E-state index contributed by atoms with van der Waals surface area (Å²) in [5.41, 5.74) is 0. The molecule has 0 spiro atoms. The predicted octanol–water partition coefficient (Wildman–Crippen LogP) is 3.04. The molecule has 3 saturated carbocycles. The highest BCUT2D eigenvalue weighted by molar-refractivity contribution is 9.10. The molecule has 3 aliphatic carbocycles. The zero-order valence-corrected chi connectivity index (χ0v) is 12.2. The van der Waals surface area contributed by atoms with Crippen molar-refractivity contribution < 1.29 is 8.42 Å². The van der Waals surface area contributed by atoms with E-state index in [9.17, 15) is 8.42 Å². The Balaban J connectivity index is 2.06. The van der Waals surface area contributed by atoms with Gasteiger partial charge in [0, 0.05) is 0 Å². The van der Waals surface area contributed by atoms with Gasteiger partial charge in [-0.2, -0.15) is 0 Å². The molecule has 0 N–H and O–H groups in total. The minimum Gasteiger partial charge on any atom is -0.224 e. The van der Waals surface area contributed by atoms with E-state index in [0.717, 1.165) is 19.3 Å². The van der Waals surface area contributed by atoms with Crippen molar-refractivity contribution in [2.45, 2.75) is 31.5 Å². The molecule has 7 heteroatoms. The smallest absolute Gasteiger partial charge is 0.224 e. The summed E-state index contributed by atoms with van der Waals surface area (Å²) in [6.07, 6.45) is 2.92. The zero-order valence-electron chi connectivity index (χ0n) is 7.51. The van der Waals surface area contributed by atoms with Gasteiger partial charge in [-0.15, -0.1) is 0 Å². The minimum absolute atomic E-state index is 0.157. The molecule has 0 aromatic carbocycles. The van der Waals surface area contributed by atoms with Crippen molar-refractivity contribution in [2.75, 3.05) is 0 Å². The van der Waals surface area contributed by atoms with Gasteiger partial charge in [0.1, 0.15) is 4.75 Å². The maximum Gasteiger partial charge on any atom is 0.293 e. The molecule has 0 amide bonds. The second-order valence-electron chi connectivity index (χ2n) is 4.55. The SMILES string of the molecule is O=S(=O)(C(Cl)(Cl)Cl)C12C3CCCC1C32Br. The fraction of sp³-hybridized carbons (Fsp3) is 1.00. The minimum atomic E-state index is -3.70. The van der Waals surface area contributed by atoms with Crippen LogP contribution in [0, 0.1) is 11.8 Å². The summed E-state index contributed by atoms with van der Waals surface area (Å²) in [7, 11) is -3.70. The molecule has 0 heterocycles. The molecule has 0 saturated heterocycles. The summed E-state index contributed by atoms with van der Waals surface area (Å²) in [6, 6.07) is 0. The van der Waals surface area contributed by atoms with Crippen LogP contribution in [-0.2, 0) is 9.84 Å². The summed E-state index contributed by atoms with van der Waals surface area (Å²) in [4.78, 5) is 0. The first-order valence-electron chi connectivity index (χ1n) is 4.72. The van der Waals surface area contributed by atoms with E-state index in [-0.39, 0.29) is 16.2 Å². The molecule has 0 aliphatic heterocycles. The van der Waals surface area contributed by atoms with Crippen molar-refractivity contribution in [2.24, 2.45) is 11.8 Å². The highest BCUT2D eigenvalue weighted by Gasteiger charge is 3.03. The van der Waals surface area contributed by atoms with Crippen molar-refractivity contribution in [3.05, 3.63) is 0 Å². The Bertz CT molecular complexity index is 429. The first-order valence-corrected chi connectivity index (χ1v) is 8.13. The fourth-order valence-corrected chi connectivity index (χ4v) is 9.52. The van der Waals surface area contributed by atoms with E-state index in [2.05, 4.69) is 15.9 Å². The molecule has 2 nitrogen and oxygen atoms in total. The lowest BCUT2D eigenvalue weighted by Crippen LogP contribution is -2.36. The van der Waals surface area contributed by atoms with E-state index in [1.165, 1.54) is 0 Å². The van der Waals surface area contributed by atoms with Crippen LogP contribution in [-0.4, -0.2) is 20.6 Å². The van der Waals surface area contributed by atoms with Crippen LogP contribution < -0.4 is 0 Å². The molecule has 0 aromatic rings. The number of hydrogen-bond acceptors (Lipinski definition) is 2. The molecule has 2 atom stereocenters. The van der Waals surface area contributed by atoms with Gasteiger partial charge in [0.2, 0.25) is 9.84 Å². The van der Waals surface area contributed by atoms with Crippen LogP contribution in [0.5, 0.6) is 0 Å². The Labute approximate surface area is 112 Å². The molecule has 3 rings (SSSR count).